The molecule has 5 aromatic rings. The van der Waals surface area contributed by atoms with Gasteiger partial charge in [-0.15, -0.1) is 0 Å². The molecule has 0 radical (unpaired) electrons. The number of nitrogens with one attached hydrogen (secondary N) is 1. The van der Waals surface area contributed by atoms with E-state index >= 15 is 0 Å². The Morgan fingerprint density at radius 2 is 1.87 bits per heavy atom. The molecule has 0 atom stereocenters. The number of nitrogens with zero attached hydrogens (tertiary/aromatic N) is 6. The molecular weight excluding hydrogens is 509 g/mol. The van der Waals surface area contributed by atoms with Crippen LogP contribution in [0.2, 0.25) is 5.02 Å². The number of pyridine rings is 1. The zero-order valence-electron chi connectivity index (χ0n) is 20.6. The largest absolute Gasteiger partial charge is 0.456 e. The lowest BCUT2D eigenvalue weighted by molar-refractivity contribution is 0.473. The van der Waals surface area contributed by atoms with Crippen LogP contribution in [0, 0.1) is 5.82 Å². The first-order valence-corrected chi connectivity index (χ1v) is 12.2. The van der Waals surface area contributed by atoms with Gasteiger partial charge in [-0.25, -0.2) is 14.4 Å². The number of aromatic nitrogens is 5. The highest BCUT2D eigenvalue weighted by Crippen LogP contribution is 2.26. The van der Waals surface area contributed by atoms with Crippen LogP contribution in [0.3, 0.4) is 0 Å². The molecule has 0 aliphatic carbocycles. The first-order chi connectivity index (χ1) is 18.4. The van der Waals surface area contributed by atoms with Gasteiger partial charge in [0, 0.05) is 36.6 Å². The van der Waals surface area contributed by atoms with Gasteiger partial charge in [0.05, 0.1) is 19.1 Å². The van der Waals surface area contributed by atoms with Gasteiger partial charge in [0.2, 0.25) is 5.95 Å². The summed E-state index contributed by atoms with van der Waals surface area (Å²) in [6.07, 6.45) is 4.40. The number of rotatable bonds is 8. The lowest BCUT2D eigenvalue weighted by atomic mass is 10.2. The van der Waals surface area contributed by atoms with Crippen molar-refractivity contribution in [1.29, 1.82) is 0 Å². The number of hydrogen-bond donors (Lipinski definition) is 1. The van der Waals surface area contributed by atoms with E-state index in [0.717, 1.165) is 5.56 Å². The van der Waals surface area contributed by atoms with Gasteiger partial charge in [0.1, 0.15) is 17.2 Å². The van der Waals surface area contributed by atoms with E-state index in [9.17, 15) is 9.18 Å². The van der Waals surface area contributed by atoms with Gasteiger partial charge in [-0.05, 0) is 48.9 Å². The lowest BCUT2D eigenvalue weighted by Gasteiger charge is -2.16. The monoisotopic (exact) mass is 531 g/mol. The van der Waals surface area contributed by atoms with Crippen molar-refractivity contribution in [2.45, 2.75) is 20.0 Å². The predicted octanol–water partition coefficient (Wildman–Crippen LogP) is 5.43. The second kappa shape index (κ2) is 10.8. The second-order valence-electron chi connectivity index (χ2n) is 8.33. The molecule has 192 valence electrons. The molecule has 1 N–H and O–H groups in total. The van der Waals surface area contributed by atoms with E-state index in [1.807, 2.05) is 35.8 Å². The van der Waals surface area contributed by atoms with Crippen molar-refractivity contribution in [3.63, 3.8) is 0 Å². The van der Waals surface area contributed by atoms with E-state index in [1.54, 1.807) is 42.2 Å². The van der Waals surface area contributed by atoms with Crippen molar-refractivity contribution < 1.29 is 9.13 Å². The Balaban J connectivity index is 1.43. The number of halogens is 2. The SMILES string of the molecule is CCn1cnc2c1c(=O)nc(Nc1ccc(Oc3cnc(C=NC)c(F)c3)cc1)n2Cc1ccc(Cl)cc1. The van der Waals surface area contributed by atoms with E-state index < -0.39 is 5.82 Å². The van der Waals surface area contributed by atoms with Crippen LogP contribution in [0.1, 0.15) is 18.2 Å². The number of anilines is 2. The Hall–Kier alpha value is -4.57. The second-order valence-corrected chi connectivity index (χ2v) is 8.77. The molecule has 0 amide bonds. The van der Waals surface area contributed by atoms with E-state index in [0.29, 0.717) is 46.7 Å². The zero-order chi connectivity index (χ0) is 26.6. The Kier molecular flexibility index (Phi) is 7.14. The third-order valence-corrected chi connectivity index (χ3v) is 6.03. The fourth-order valence-corrected chi connectivity index (χ4v) is 4.06. The first-order valence-electron chi connectivity index (χ1n) is 11.8. The molecule has 0 fully saturated rings. The summed E-state index contributed by atoms with van der Waals surface area (Å²) in [5.41, 5.74) is 2.36. The summed E-state index contributed by atoms with van der Waals surface area (Å²) in [4.78, 5) is 29.5. The fraction of sp³-hybridized carbons (Fsp3) is 0.148. The smallest absolute Gasteiger partial charge is 0.300 e. The van der Waals surface area contributed by atoms with Crippen LogP contribution in [0.25, 0.3) is 11.2 Å². The molecule has 0 unspecified atom stereocenters. The highest BCUT2D eigenvalue weighted by molar-refractivity contribution is 6.30. The number of hydrogen-bond acceptors (Lipinski definition) is 7. The van der Waals surface area contributed by atoms with E-state index in [2.05, 4.69) is 25.3 Å². The number of imidazole rings is 1. The van der Waals surface area contributed by atoms with Crippen LogP contribution in [-0.2, 0) is 13.1 Å². The van der Waals surface area contributed by atoms with Crippen molar-refractivity contribution in [2.24, 2.45) is 4.99 Å². The van der Waals surface area contributed by atoms with Crippen LogP contribution < -0.4 is 15.6 Å². The normalized spacial score (nSPS) is 11.4. The van der Waals surface area contributed by atoms with Crippen molar-refractivity contribution >= 4 is 40.6 Å². The van der Waals surface area contributed by atoms with Crippen molar-refractivity contribution in [3.05, 3.63) is 99.6 Å². The highest BCUT2D eigenvalue weighted by atomic mass is 35.5. The number of benzene rings is 2. The van der Waals surface area contributed by atoms with Crippen LogP contribution in [0.4, 0.5) is 16.0 Å². The molecule has 5 rings (SSSR count). The number of fused-ring (bicyclic) bond motifs is 1. The van der Waals surface area contributed by atoms with Gasteiger partial charge in [-0.2, -0.15) is 4.98 Å². The minimum Gasteiger partial charge on any atom is -0.456 e. The van der Waals surface area contributed by atoms with E-state index in [4.69, 9.17) is 16.3 Å². The molecular formula is C27H23ClFN7O2. The van der Waals surface area contributed by atoms with Gasteiger partial charge in [0.25, 0.3) is 0 Å². The maximum atomic E-state index is 14.1. The number of aliphatic imine (C=N–C) groups is 1. The zero-order valence-corrected chi connectivity index (χ0v) is 21.4. The molecule has 2 aromatic carbocycles. The van der Waals surface area contributed by atoms with Crippen molar-refractivity contribution in [2.75, 3.05) is 12.4 Å². The molecule has 3 heterocycles. The van der Waals surface area contributed by atoms with Gasteiger partial charge < -0.3 is 14.6 Å². The Morgan fingerprint density at radius 1 is 1.11 bits per heavy atom. The molecule has 0 spiro atoms. The summed E-state index contributed by atoms with van der Waals surface area (Å²) in [5, 5.41) is 3.86. The third kappa shape index (κ3) is 5.25. The summed E-state index contributed by atoms with van der Waals surface area (Å²) in [5.74, 6) is 0.549. The Labute approximate surface area is 222 Å². The van der Waals surface area contributed by atoms with E-state index in [1.165, 1.54) is 18.5 Å². The maximum Gasteiger partial charge on any atom is 0.300 e. The number of ether oxygens (including phenoxy) is 1. The van der Waals surface area contributed by atoms with Crippen LogP contribution in [0.15, 0.2) is 76.9 Å². The quantitative estimate of drug-likeness (QED) is 0.268. The standard InChI is InChI=1S/C27H23ClFN7O2/c1-3-35-16-32-25-24(35)26(37)34-27(36(25)15-17-4-6-18(28)7-5-17)33-19-8-10-20(11-9-19)38-21-12-22(29)23(14-30-2)31-13-21/h4-14,16H,3,15H2,1-2H3,(H,33,34,37). The average Bonchev–Trinajstić information content (AvgIpc) is 3.35. The van der Waals surface area contributed by atoms with Gasteiger partial charge in [0.15, 0.2) is 17.0 Å². The minimum absolute atomic E-state index is 0.136. The topological polar surface area (TPSA) is 99.2 Å². The molecule has 3 aromatic heterocycles. The summed E-state index contributed by atoms with van der Waals surface area (Å²) < 4.78 is 23.5. The molecule has 0 aliphatic rings. The molecule has 9 nitrogen and oxygen atoms in total. The summed E-state index contributed by atoms with van der Waals surface area (Å²) in [7, 11) is 1.55. The van der Waals surface area contributed by atoms with Gasteiger partial charge in [-0.1, -0.05) is 23.7 Å². The number of aryl methyl sites for hydroxylation is 1. The fourth-order valence-electron chi connectivity index (χ4n) is 3.93. The van der Waals surface area contributed by atoms with Gasteiger partial charge in [-0.3, -0.25) is 14.4 Å². The maximum absolute atomic E-state index is 14.1. The van der Waals surface area contributed by atoms with Crippen molar-refractivity contribution in [3.8, 4) is 11.5 Å². The highest BCUT2D eigenvalue weighted by Gasteiger charge is 2.16. The predicted molar refractivity (Wildman–Crippen MR) is 146 cm³/mol. The summed E-state index contributed by atoms with van der Waals surface area (Å²) in [6, 6.07) is 15.7. The minimum atomic E-state index is -0.531. The van der Waals surface area contributed by atoms with Gasteiger partial charge >= 0.3 is 5.56 Å². The molecule has 0 aliphatic heterocycles. The molecule has 38 heavy (non-hydrogen) atoms. The van der Waals surface area contributed by atoms with E-state index in [-0.39, 0.29) is 17.0 Å². The third-order valence-electron chi connectivity index (χ3n) is 5.78. The Morgan fingerprint density at radius 3 is 2.55 bits per heavy atom. The molecule has 0 saturated carbocycles. The lowest BCUT2D eigenvalue weighted by Crippen LogP contribution is -2.20. The summed E-state index contributed by atoms with van der Waals surface area (Å²) in [6.45, 7) is 2.96. The Bertz CT molecular complexity index is 1680. The first kappa shape index (κ1) is 25.1. The van der Waals surface area contributed by atoms with Crippen LogP contribution in [-0.4, -0.2) is 37.3 Å². The molecule has 0 saturated heterocycles. The summed E-state index contributed by atoms with van der Waals surface area (Å²) >= 11 is 6.06. The molecule has 0 bridgehead atoms. The van der Waals surface area contributed by atoms with Crippen LogP contribution >= 0.6 is 11.6 Å². The average molecular weight is 532 g/mol. The van der Waals surface area contributed by atoms with Crippen molar-refractivity contribution in [1.82, 2.24) is 24.1 Å². The molecule has 11 heteroatoms. The van der Waals surface area contributed by atoms with Crippen LogP contribution in [0.5, 0.6) is 11.5 Å².